The highest BCUT2D eigenvalue weighted by molar-refractivity contribution is 9.10. The maximum atomic E-state index is 13.5. The molecule has 1 aromatic heterocycles. The minimum Gasteiger partial charge on any atom is -0.304 e. The molecule has 1 aromatic carbocycles. The molecule has 0 unspecified atom stereocenters. The van der Waals surface area contributed by atoms with Crippen LogP contribution in [-0.2, 0) is 0 Å². The van der Waals surface area contributed by atoms with Crippen molar-refractivity contribution in [3.63, 3.8) is 0 Å². The van der Waals surface area contributed by atoms with Crippen LogP contribution in [0.1, 0.15) is 0 Å². The van der Waals surface area contributed by atoms with Crippen molar-refractivity contribution in [2.24, 2.45) is 0 Å². The number of hydrogen-bond donors (Lipinski definition) is 2. The van der Waals surface area contributed by atoms with Gasteiger partial charge in [-0.15, -0.1) is 0 Å². The van der Waals surface area contributed by atoms with Gasteiger partial charge in [0, 0.05) is 4.47 Å². The van der Waals surface area contributed by atoms with Crippen molar-refractivity contribution in [2.45, 2.75) is 0 Å². The smallest absolute Gasteiger partial charge is 0.304 e. The van der Waals surface area contributed by atoms with Crippen molar-refractivity contribution in [2.75, 3.05) is 0 Å². The zero-order valence-corrected chi connectivity index (χ0v) is 9.37. The van der Waals surface area contributed by atoms with Crippen molar-refractivity contribution in [1.82, 2.24) is 9.97 Å². The lowest BCUT2D eigenvalue weighted by Gasteiger charge is -2.02. The van der Waals surface area contributed by atoms with Gasteiger partial charge in [-0.1, -0.05) is 11.6 Å². The Hall–Kier alpha value is -1.14. The molecular formula is C8H3BrClFN2O2. The molecule has 0 spiro atoms. The third-order valence-corrected chi connectivity index (χ3v) is 3.10. The largest absolute Gasteiger partial charge is 0.326 e. The summed E-state index contributed by atoms with van der Waals surface area (Å²) in [4.78, 5) is 26.4. The van der Waals surface area contributed by atoms with Crippen molar-refractivity contribution < 1.29 is 4.39 Å². The van der Waals surface area contributed by atoms with E-state index in [-0.39, 0.29) is 20.4 Å². The van der Waals surface area contributed by atoms with Crippen LogP contribution in [0.2, 0.25) is 5.02 Å². The van der Waals surface area contributed by atoms with Crippen LogP contribution in [-0.4, -0.2) is 9.97 Å². The summed E-state index contributed by atoms with van der Waals surface area (Å²) in [6.45, 7) is 0. The summed E-state index contributed by atoms with van der Waals surface area (Å²) < 4.78 is 13.8. The Balaban J connectivity index is 3.12. The quantitative estimate of drug-likeness (QED) is 0.727. The molecule has 7 heteroatoms. The highest BCUT2D eigenvalue weighted by atomic mass is 79.9. The van der Waals surface area contributed by atoms with E-state index >= 15 is 0 Å². The molecule has 0 amide bonds. The van der Waals surface area contributed by atoms with E-state index in [0.29, 0.717) is 0 Å². The van der Waals surface area contributed by atoms with Crippen LogP contribution in [0.25, 0.3) is 10.9 Å². The summed E-state index contributed by atoms with van der Waals surface area (Å²) in [5, 5.41) is -0.146. The summed E-state index contributed by atoms with van der Waals surface area (Å²) in [7, 11) is 0. The minimum absolute atomic E-state index is 0.0309. The zero-order valence-electron chi connectivity index (χ0n) is 7.03. The molecule has 0 radical (unpaired) electrons. The van der Waals surface area contributed by atoms with E-state index in [9.17, 15) is 14.0 Å². The van der Waals surface area contributed by atoms with Crippen molar-refractivity contribution in [1.29, 1.82) is 0 Å². The number of aromatic amines is 2. The van der Waals surface area contributed by atoms with Gasteiger partial charge in [0.05, 0.1) is 15.9 Å². The van der Waals surface area contributed by atoms with Gasteiger partial charge in [-0.25, -0.2) is 9.18 Å². The summed E-state index contributed by atoms with van der Waals surface area (Å²) in [5.74, 6) is -0.829. The predicted octanol–water partition coefficient (Wildman–Crippen LogP) is 1.77. The number of rotatable bonds is 0. The third-order valence-electron chi connectivity index (χ3n) is 1.87. The molecule has 0 bridgehead atoms. The average molecular weight is 293 g/mol. The van der Waals surface area contributed by atoms with E-state index in [0.717, 1.165) is 0 Å². The topological polar surface area (TPSA) is 65.7 Å². The zero-order chi connectivity index (χ0) is 11.2. The molecule has 0 saturated carbocycles. The first-order chi connectivity index (χ1) is 7.00. The predicted molar refractivity (Wildman–Crippen MR) is 57.9 cm³/mol. The Morgan fingerprint density at radius 1 is 1.33 bits per heavy atom. The fourth-order valence-corrected chi connectivity index (χ4v) is 1.76. The molecule has 78 valence electrons. The van der Waals surface area contributed by atoms with Crippen LogP contribution >= 0.6 is 27.5 Å². The van der Waals surface area contributed by atoms with Crippen molar-refractivity contribution >= 4 is 38.4 Å². The van der Waals surface area contributed by atoms with Crippen LogP contribution in [0.5, 0.6) is 0 Å². The number of fused-ring (bicyclic) bond motifs is 1. The van der Waals surface area contributed by atoms with Crippen LogP contribution in [0.3, 0.4) is 0 Å². The standard InChI is InChI=1S/C8H3BrClFN2O2/c9-3-1-2-6(5(11)4(3)10)12-8(15)13-7(2)14/h1H,(H2,12,13,14,15). The molecule has 0 fully saturated rings. The van der Waals surface area contributed by atoms with Crippen LogP contribution in [0.15, 0.2) is 20.1 Å². The van der Waals surface area contributed by atoms with E-state index in [4.69, 9.17) is 11.6 Å². The monoisotopic (exact) mass is 292 g/mol. The lowest BCUT2D eigenvalue weighted by atomic mass is 10.2. The molecule has 15 heavy (non-hydrogen) atoms. The van der Waals surface area contributed by atoms with Gasteiger partial charge in [0.1, 0.15) is 0 Å². The van der Waals surface area contributed by atoms with Crippen molar-refractivity contribution in [3.8, 4) is 0 Å². The van der Waals surface area contributed by atoms with Crippen LogP contribution < -0.4 is 11.2 Å². The number of H-pyrrole nitrogens is 2. The molecule has 4 nitrogen and oxygen atoms in total. The molecule has 0 aliphatic carbocycles. The third kappa shape index (κ3) is 1.59. The number of halogens is 3. The number of aromatic nitrogens is 2. The first-order valence-electron chi connectivity index (χ1n) is 3.80. The Bertz CT molecular complexity index is 664. The number of nitrogens with one attached hydrogen (secondary N) is 2. The van der Waals surface area contributed by atoms with Gasteiger partial charge in [-0.05, 0) is 22.0 Å². The Morgan fingerprint density at radius 3 is 2.67 bits per heavy atom. The van der Waals surface area contributed by atoms with Gasteiger partial charge in [0.15, 0.2) is 5.82 Å². The van der Waals surface area contributed by atoms with Gasteiger partial charge in [0.25, 0.3) is 5.56 Å². The maximum Gasteiger partial charge on any atom is 0.326 e. The molecule has 2 N–H and O–H groups in total. The summed E-state index contributed by atoms with van der Waals surface area (Å²) in [5.41, 5.74) is -1.63. The molecule has 0 aliphatic heterocycles. The summed E-state index contributed by atoms with van der Waals surface area (Å²) in [6.07, 6.45) is 0. The molecule has 2 aromatic rings. The lowest BCUT2D eigenvalue weighted by molar-refractivity contribution is 0.635. The Labute approximate surface area is 95.2 Å². The second-order valence-corrected chi connectivity index (χ2v) is 4.05. The van der Waals surface area contributed by atoms with Crippen molar-refractivity contribution in [3.05, 3.63) is 42.2 Å². The Kier molecular flexibility index (Phi) is 2.40. The first-order valence-corrected chi connectivity index (χ1v) is 4.97. The van der Waals surface area contributed by atoms with Gasteiger partial charge in [-0.3, -0.25) is 9.78 Å². The van der Waals surface area contributed by atoms with E-state index in [1.807, 2.05) is 4.98 Å². The highest BCUT2D eigenvalue weighted by Crippen LogP contribution is 2.29. The molecule has 0 aliphatic rings. The summed E-state index contributed by atoms with van der Waals surface area (Å²) >= 11 is 8.61. The van der Waals surface area contributed by atoms with E-state index in [1.165, 1.54) is 6.07 Å². The Morgan fingerprint density at radius 2 is 2.00 bits per heavy atom. The first kappa shape index (κ1) is 10.4. The van der Waals surface area contributed by atoms with Crippen LogP contribution in [0.4, 0.5) is 4.39 Å². The normalized spacial score (nSPS) is 10.9. The fraction of sp³-hybridized carbons (Fsp3) is 0. The van der Waals surface area contributed by atoms with Gasteiger partial charge in [-0.2, -0.15) is 0 Å². The fourth-order valence-electron chi connectivity index (χ4n) is 1.21. The molecular weight excluding hydrogens is 290 g/mol. The second-order valence-electron chi connectivity index (χ2n) is 2.82. The van der Waals surface area contributed by atoms with Gasteiger partial charge in [0.2, 0.25) is 0 Å². The average Bonchev–Trinajstić information content (AvgIpc) is 2.17. The van der Waals surface area contributed by atoms with Crippen LogP contribution in [0, 0.1) is 5.82 Å². The van der Waals surface area contributed by atoms with Gasteiger partial charge < -0.3 is 4.98 Å². The molecule has 2 rings (SSSR count). The number of benzene rings is 1. The minimum atomic E-state index is -0.829. The summed E-state index contributed by atoms with van der Waals surface area (Å²) in [6, 6.07) is 1.34. The molecule has 1 heterocycles. The van der Waals surface area contributed by atoms with Gasteiger partial charge >= 0.3 is 5.69 Å². The molecule has 0 atom stereocenters. The molecule has 0 saturated heterocycles. The SMILES string of the molecule is O=c1[nH]c(=O)c2cc(Br)c(Cl)c(F)c2[nH]1. The number of hydrogen-bond acceptors (Lipinski definition) is 2. The second kappa shape index (κ2) is 3.46. The highest BCUT2D eigenvalue weighted by Gasteiger charge is 2.13. The van der Waals surface area contributed by atoms with E-state index in [2.05, 4.69) is 20.9 Å². The van der Waals surface area contributed by atoms with E-state index in [1.54, 1.807) is 0 Å². The van der Waals surface area contributed by atoms with E-state index < -0.39 is 17.1 Å². The maximum absolute atomic E-state index is 13.5. The lowest BCUT2D eigenvalue weighted by Crippen LogP contribution is -2.22.